The zero-order valence-electron chi connectivity index (χ0n) is 14.3. The van der Waals surface area contributed by atoms with Crippen molar-refractivity contribution in [2.45, 2.75) is 0 Å². The first-order valence-electron chi connectivity index (χ1n) is 8.17. The number of hydrogen-bond donors (Lipinski definition) is 2. The molecule has 1 amide bonds. The summed E-state index contributed by atoms with van der Waals surface area (Å²) in [5.74, 6) is -8.26. The van der Waals surface area contributed by atoms with Gasteiger partial charge >= 0.3 is 0 Å². The maximum Gasteiger partial charge on any atom is 0.277 e. The van der Waals surface area contributed by atoms with Crippen molar-refractivity contribution in [3.8, 4) is 11.1 Å². The number of H-pyrrole nitrogens is 1. The van der Waals surface area contributed by atoms with Crippen molar-refractivity contribution in [2.24, 2.45) is 0 Å². The lowest BCUT2D eigenvalue weighted by Crippen LogP contribution is -2.22. The van der Waals surface area contributed by atoms with E-state index >= 15 is 0 Å². The van der Waals surface area contributed by atoms with Gasteiger partial charge in [-0.1, -0.05) is 12.1 Å². The third-order valence-electron chi connectivity index (χ3n) is 4.24. The molecule has 3 heterocycles. The number of halogens is 4. The van der Waals surface area contributed by atoms with Gasteiger partial charge in [0.2, 0.25) is 0 Å². The lowest BCUT2D eigenvalue weighted by Gasteiger charge is -2.12. The molecule has 4 rings (SSSR count). The van der Waals surface area contributed by atoms with Gasteiger partial charge in [0.15, 0.2) is 23.3 Å². The number of carbonyl (C=O) groups is 1. The lowest BCUT2D eigenvalue weighted by atomic mass is 10.0. The fourth-order valence-corrected chi connectivity index (χ4v) is 2.93. The van der Waals surface area contributed by atoms with Crippen LogP contribution in [0, 0.1) is 23.3 Å². The standard InChI is InChI=1S/C19H10F4N4O2/c20-13-11(9-4-3-6-24-8-9)14(21)16(23)17(15(13)22)25-18(28)12-10-5-1-2-7-27(10)26-19(12)29/h1-8H,(H,25,28)(H,26,29). The van der Waals surface area contributed by atoms with Crippen molar-refractivity contribution in [2.75, 3.05) is 5.32 Å². The van der Waals surface area contributed by atoms with Crippen LogP contribution in [0.5, 0.6) is 0 Å². The minimum Gasteiger partial charge on any atom is -0.317 e. The third kappa shape index (κ3) is 2.94. The Kier molecular flexibility index (Phi) is 4.38. The van der Waals surface area contributed by atoms with Crippen molar-refractivity contribution in [1.29, 1.82) is 0 Å². The number of anilines is 1. The van der Waals surface area contributed by atoms with Crippen LogP contribution in [0.1, 0.15) is 10.4 Å². The average molecular weight is 402 g/mol. The van der Waals surface area contributed by atoms with Crippen molar-refractivity contribution >= 4 is 17.1 Å². The maximum atomic E-state index is 14.5. The van der Waals surface area contributed by atoms with Crippen LogP contribution >= 0.6 is 0 Å². The summed E-state index contributed by atoms with van der Waals surface area (Å²) in [6.07, 6.45) is 3.79. The Hall–Kier alpha value is -3.95. The molecule has 3 aromatic heterocycles. The van der Waals surface area contributed by atoms with Crippen LogP contribution in [-0.4, -0.2) is 20.5 Å². The van der Waals surface area contributed by atoms with Crippen LogP contribution in [0.3, 0.4) is 0 Å². The number of carbonyl (C=O) groups excluding carboxylic acids is 1. The molecule has 146 valence electrons. The summed E-state index contributed by atoms with van der Waals surface area (Å²) in [5.41, 5.74) is -3.69. The molecule has 0 fully saturated rings. The predicted molar refractivity (Wildman–Crippen MR) is 95.5 cm³/mol. The number of aromatic nitrogens is 3. The van der Waals surface area contributed by atoms with Crippen LogP contribution in [0.4, 0.5) is 23.2 Å². The van der Waals surface area contributed by atoms with Gasteiger partial charge in [0.05, 0.1) is 11.1 Å². The predicted octanol–water partition coefficient (Wildman–Crippen LogP) is 3.50. The summed E-state index contributed by atoms with van der Waals surface area (Å²) in [7, 11) is 0. The largest absolute Gasteiger partial charge is 0.317 e. The van der Waals surface area contributed by atoms with E-state index in [4.69, 9.17) is 0 Å². The number of rotatable bonds is 3. The Morgan fingerprint density at radius 3 is 2.38 bits per heavy atom. The highest BCUT2D eigenvalue weighted by atomic mass is 19.2. The number of hydrogen-bond acceptors (Lipinski definition) is 3. The van der Waals surface area contributed by atoms with Gasteiger partial charge in [0.1, 0.15) is 11.3 Å². The summed E-state index contributed by atoms with van der Waals surface area (Å²) in [6, 6.07) is 7.07. The van der Waals surface area contributed by atoms with E-state index in [0.717, 1.165) is 6.20 Å². The van der Waals surface area contributed by atoms with E-state index in [1.165, 1.54) is 41.2 Å². The smallest absolute Gasteiger partial charge is 0.277 e. The topological polar surface area (TPSA) is 79.3 Å². The van der Waals surface area contributed by atoms with E-state index in [-0.39, 0.29) is 11.1 Å². The maximum absolute atomic E-state index is 14.5. The molecule has 0 unspecified atom stereocenters. The molecule has 0 radical (unpaired) electrons. The Labute approximate surface area is 159 Å². The van der Waals surface area contributed by atoms with Crippen molar-refractivity contribution in [3.63, 3.8) is 0 Å². The summed E-state index contributed by atoms with van der Waals surface area (Å²) >= 11 is 0. The second-order valence-electron chi connectivity index (χ2n) is 5.97. The highest BCUT2D eigenvalue weighted by Gasteiger charge is 2.29. The molecule has 0 saturated carbocycles. The minimum atomic E-state index is -1.81. The first-order valence-corrected chi connectivity index (χ1v) is 8.17. The van der Waals surface area contributed by atoms with Gasteiger partial charge in [-0.2, -0.15) is 0 Å². The zero-order valence-corrected chi connectivity index (χ0v) is 14.3. The van der Waals surface area contributed by atoms with Crippen molar-refractivity contribution < 1.29 is 22.4 Å². The summed E-state index contributed by atoms with van der Waals surface area (Å²) < 4.78 is 59.2. The molecule has 0 aliphatic rings. The number of fused-ring (bicyclic) bond motifs is 1. The van der Waals surface area contributed by atoms with Crippen LogP contribution in [0.2, 0.25) is 0 Å². The van der Waals surface area contributed by atoms with Gasteiger partial charge in [-0.05, 0) is 18.2 Å². The zero-order chi connectivity index (χ0) is 20.7. The molecule has 0 aliphatic heterocycles. The van der Waals surface area contributed by atoms with Gasteiger partial charge in [-0.25, -0.2) is 17.6 Å². The third-order valence-corrected chi connectivity index (χ3v) is 4.24. The van der Waals surface area contributed by atoms with Crippen molar-refractivity contribution in [3.05, 3.63) is 88.1 Å². The fraction of sp³-hybridized carbons (Fsp3) is 0. The van der Waals surface area contributed by atoms with Crippen LogP contribution in [0.15, 0.2) is 53.7 Å². The van der Waals surface area contributed by atoms with Gasteiger partial charge in [-0.15, -0.1) is 0 Å². The van der Waals surface area contributed by atoms with Gasteiger partial charge in [-0.3, -0.25) is 24.2 Å². The molecule has 2 N–H and O–H groups in total. The summed E-state index contributed by atoms with van der Waals surface area (Å²) in [6.45, 7) is 0. The average Bonchev–Trinajstić information content (AvgIpc) is 3.06. The van der Waals surface area contributed by atoms with E-state index in [1.54, 1.807) is 11.4 Å². The molecule has 0 aliphatic carbocycles. The summed E-state index contributed by atoms with van der Waals surface area (Å²) in [4.78, 5) is 28.1. The number of nitrogens with one attached hydrogen (secondary N) is 2. The number of aromatic amines is 1. The second kappa shape index (κ2) is 6.89. The van der Waals surface area contributed by atoms with E-state index in [9.17, 15) is 27.2 Å². The highest BCUT2D eigenvalue weighted by Crippen LogP contribution is 2.34. The number of amides is 1. The Morgan fingerprint density at radius 2 is 1.72 bits per heavy atom. The molecular formula is C19H10F4N4O2. The molecule has 0 bridgehead atoms. The van der Waals surface area contributed by atoms with Gasteiger partial charge in [0, 0.05) is 24.2 Å². The fourth-order valence-electron chi connectivity index (χ4n) is 2.93. The quantitative estimate of drug-likeness (QED) is 0.407. The summed E-state index contributed by atoms with van der Waals surface area (Å²) in [5, 5.41) is 4.09. The van der Waals surface area contributed by atoms with Crippen LogP contribution in [0.25, 0.3) is 16.6 Å². The highest BCUT2D eigenvalue weighted by molar-refractivity contribution is 6.08. The van der Waals surface area contributed by atoms with E-state index < -0.39 is 51.5 Å². The van der Waals surface area contributed by atoms with E-state index in [1.807, 2.05) is 0 Å². The molecule has 4 aromatic rings. The number of pyridine rings is 2. The number of nitrogens with zero attached hydrogens (tertiary/aromatic N) is 2. The van der Waals surface area contributed by atoms with Gasteiger partial charge < -0.3 is 5.32 Å². The first-order chi connectivity index (χ1) is 13.9. The van der Waals surface area contributed by atoms with E-state index in [0.29, 0.717) is 0 Å². The minimum absolute atomic E-state index is 0.115. The molecule has 1 aromatic carbocycles. The Balaban J connectivity index is 1.81. The Bertz CT molecular complexity index is 1290. The van der Waals surface area contributed by atoms with Crippen LogP contribution < -0.4 is 10.9 Å². The molecule has 10 heteroatoms. The lowest BCUT2D eigenvalue weighted by molar-refractivity contribution is 0.102. The second-order valence-corrected chi connectivity index (χ2v) is 5.97. The molecular weight excluding hydrogens is 392 g/mol. The SMILES string of the molecule is O=C(Nc1c(F)c(F)c(-c2cccnc2)c(F)c1F)c1c(=O)[nH]n2ccccc12. The molecule has 0 atom stereocenters. The first kappa shape index (κ1) is 18.4. The van der Waals surface area contributed by atoms with Crippen molar-refractivity contribution in [1.82, 2.24) is 14.6 Å². The van der Waals surface area contributed by atoms with Crippen LogP contribution in [-0.2, 0) is 0 Å². The van der Waals surface area contributed by atoms with Gasteiger partial charge in [0.25, 0.3) is 11.5 Å². The molecule has 0 saturated heterocycles. The molecule has 6 nitrogen and oxygen atoms in total. The normalized spacial score (nSPS) is 11.0. The monoisotopic (exact) mass is 402 g/mol. The Morgan fingerprint density at radius 1 is 1.00 bits per heavy atom. The number of benzene rings is 1. The van der Waals surface area contributed by atoms with E-state index in [2.05, 4.69) is 10.1 Å². The molecule has 29 heavy (non-hydrogen) atoms. The molecule has 0 spiro atoms.